The van der Waals surface area contributed by atoms with E-state index >= 15 is 0 Å². The minimum Gasteiger partial charge on any atom is -0.344 e. The summed E-state index contributed by atoms with van der Waals surface area (Å²) < 4.78 is 62.9. The quantitative estimate of drug-likeness (QED) is 0.482. The Hall–Kier alpha value is -2.05. The van der Waals surface area contributed by atoms with E-state index in [9.17, 15) is 26.4 Å². The molecule has 1 aliphatic carbocycles. The van der Waals surface area contributed by atoms with Crippen molar-refractivity contribution in [3.05, 3.63) is 39.6 Å². The molecule has 1 unspecified atom stereocenters. The number of pyridine rings is 1. The van der Waals surface area contributed by atoms with E-state index in [0.717, 1.165) is 17.1 Å². The zero-order chi connectivity index (χ0) is 27.0. The third-order valence-electron chi connectivity index (χ3n) is 7.34. The molecule has 3 heterocycles. The second-order valence-corrected chi connectivity index (χ2v) is 13.6. The molecule has 0 radical (unpaired) electrons. The lowest BCUT2D eigenvalue weighted by atomic mass is 9.81. The van der Waals surface area contributed by atoms with E-state index in [1.54, 1.807) is 13.0 Å². The number of nitrogens with zero attached hydrogens (tertiary/aromatic N) is 3. The summed E-state index contributed by atoms with van der Waals surface area (Å²) in [6.07, 6.45) is -1.23. The van der Waals surface area contributed by atoms with Crippen molar-refractivity contribution in [2.75, 3.05) is 12.3 Å². The second-order valence-electron chi connectivity index (χ2n) is 10.3. The van der Waals surface area contributed by atoms with Gasteiger partial charge in [-0.2, -0.15) is 13.2 Å². The van der Waals surface area contributed by atoms with Gasteiger partial charge in [-0.1, -0.05) is 20.8 Å². The Kier molecular flexibility index (Phi) is 8.30. The van der Waals surface area contributed by atoms with Gasteiger partial charge in [0.1, 0.15) is 0 Å². The number of fused-ring (bicyclic) bond motifs is 1. The van der Waals surface area contributed by atoms with Crippen LogP contribution >= 0.6 is 11.3 Å². The Labute approximate surface area is 219 Å². The highest BCUT2D eigenvalue weighted by atomic mass is 32.2. The number of rotatable bonds is 8. The van der Waals surface area contributed by atoms with Crippen molar-refractivity contribution >= 4 is 27.1 Å². The van der Waals surface area contributed by atoms with Gasteiger partial charge in [-0.25, -0.2) is 13.4 Å². The Morgan fingerprint density at radius 2 is 1.92 bits per heavy atom. The number of carbonyl (C=O) groups excluding carboxylic acids is 1. The van der Waals surface area contributed by atoms with Crippen LogP contribution in [0.1, 0.15) is 78.6 Å². The van der Waals surface area contributed by atoms with Gasteiger partial charge in [0.05, 0.1) is 40.5 Å². The fourth-order valence-corrected chi connectivity index (χ4v) is 7.16. The maximum Gasteiger partial charge on any atom is 0.391 e. The van der Waals surface area contributed by atoms with Crippen molar-refractivity contribution in [2.45, 2.75) is 76.7 Å². The Bertz CT molecular complexity index is 1200. The smallest absolute Gasteiger partial charge is 0.344 e. The number of thiazole rings is 1. The normalized spacial score (nSPS) is 22.8. The Morgan fingerprint density at radius 3 is 2.49 bits per heavy atom. The highest BCUT2D eigenvalue weighted by molar-refractivity contribution is 7.91. The number of alkyl halides is 3. The maximum atomic E-state index is 13.0. The second kappa shape index (κ2) is 11.0. The van der Waals surface area contributed by atoms with Gasteiger partial charge in [-0.05, 0) is 49.7 Å². The van der Waals surface area contributed by atoms with E-state index in [-0.39, 0.29) is 53.8 Å². The fourth-order valence-electron chi connectivity index (χ4n) is 5.29. The van der Waals surface area contributed by atoms with Gasteiger partial charge in [0.25, 0.3) is 5.91 Å². The summed E-state index contributed by atoms with van der Waals surface area (Å²) in [6, 6.07) is 3.10. The third-order valence-corrected chi connectivity index (χ3v) is 10.1. The molecule has 37 heavy (non-hydrogen) atoms. The minimum absolute atomic E-state index is 0.00649. The molecule has 12 heteroatoms. The number of amides is 1. The van der Waals surface area contributed by atoms with Crippen molar-refractivity contribution in [1.82, 2.24) is 20.2 Å². The van der Waals surface area contributed by atoms with Crippen LogP contribution in [0.15, 0.2) is 23.2 Å². The molecule has 2 aromatic rings. The molecule has 1 saturated carbocycles. The standard InChI is InChI=1S/C25H33F3N4O3S2/c1-4-37(34,35)19-10-9-18(29-12-19)11-30-23(33)24-31-21-20(36-24)14-32(22(21)15(2)3)13-16-5-7-17(8-6-16)25(26,27)28/h9-10,12,15-17,22H,4-8,11,13-14H2,1-3H3,(H,30,33). The van der Waals surface area contributed by atoms with Crippen LogP contribution in [0.25, 0.3) is 0 Å². The van der Waals surface area contributed by atoms with E-state index in [1.165, 1.54) is 23.6 Å². The van der Waals surface area contributed by atoms with Crippen LogP contribution in [0.5, 0.6) is 0 Å². The van der Waals surface area contributed by atoms with Crippen molar-refractivity contribution in [3.8, 4) is 0 Å². The average molecular weight is 559 g/mol. The zero-order valence-electron chi connectivity index (χ0n) is 21.2. The number of aromatic nitrogens is 2. The van der Waals surface area contributed by atoms with Crippen LogP contribution in [-0.2, 0) is 22.9 Å². The molecule has 7 nitrogen and oxygen atoms in total. The van der Waals surface area contributed by atoms with Gasteiger partial charge in [-0.3, -0.25) is 14.7 Å². The first-order valence-corrected chi connectivity index (χ1v) is 15.1. The van der Waals surface area contributed by atoms with Crippen molar-refractivity contribution in [1.29, 1.82) is 0 Å². The van der Waals surface area contributed by atoms with Crippen molar-refractivity contribution < 1.29 is 26.4 Å². The van der Waals surface area contributed by atoms with Gasteiger partial charge in [-0.15, -0.1) is 11.3 Å². The lowest BCUT2D eigenvalue weighted by Crippen LogP contribution is -2.35. The number of nitrogens with one attached hydrogen (secondary N) is 1. The van der Waals surface area contributed by atoms with E-state index in [0.29, 0.717) is 30.1 Å². The molecule has 1 fully saturated rings. The lowest BCUT2D eigenvalue weighted by Gasteiger charge is -2.35. The number of sulfone groups is 1. The van der Waals surface area contributed by atoms with Crippen LogP contribution in [0.3, 0.4) is 0 Å². The SMILES string of the molecule is CCS(=O)(=O)c1ccc(CNC(=O)c2nc3c(s2)CN(CC2CCC(C(F)(F)F)CC2)C3C(C)C)nc1. The molecule has 4 rings (SSSR count). The molecule has 0 saturated heterocycles. The average Bonchev–Trinajstić information content (AvgIpc) is 3.40. The van der Waals surface area contributed by atoms with Crippen LogP contribution in [0, 0.1) is 17.8 Å². The lowest BCUT2D eigenvalue weighted by molar-refractivity contribution is -0.184. The van der Waals surface area contributed by atoms with E-state index < -0.39 is 21.9 Å². The summed E-state index contributed by atoms with van der Waals surface area (Å²) in [7, 11) is -3.33. The molecule has 0 aromatic carbocycles. The topological polar surface area (TPSA) is 92.3 Å². The van der Waals surface area contributed by atoms with Crippen LogP contribution < -0.4 is 5.32 Å². The van der Waals surface area contributed by atoms with Gasteiger partial charge in [0.2, 0.25) is 0 Å². The summed E-state index contributed by atoms with van der Waals surface area (Å²) in [5.74, 6) is -1.01. The molecule has 2 aromatic heterocycles. The Morgan fingerprint density at radius 1 is 1.22 bits per heavy atom. The Balaban J connectivity index is 1.36. The molecular weight excluding hydrogens is 525 g/mol. The zero-order valence-corrected chi connectivity index (χ0v) is 22.8. The van der Waals surface area contributed by atoms with Gasteiger partial charge < -0.3 is 5.32 Å². The van der Waals surface area contributed by atoms with Crippen LogP contribution in [-0.4, -0.2) is 47.7 Å². The predicted octanol–water partition coefficient (Wildman–Crippen LogP) is 5.14. The molecule has 0 spiro atoms. The largest absolute Gasteiger partial charge is 0.391 e. The number of carbonyl (C=O) groups is 1. The van der Waals surface area contributed by atoms with E-state index in [2.05, 4.69) is 34.0 Å². The summed E-state index contributed by atoms with van der Waals surface area (Å²) in [5.41, 5.74) is 1.43. The first-order valence-electron chi connectivity index (χ1n) is 12.6. The predicted molar refractivity (Wildman–Crippen MR) is 135 cm³/mol. The maximum absolute atomic E-state index is 13.0. The molecular formula is C25H33F3N4O3S2. The van der Waals surface area contributed by atoms with Crippen LogP contribution in [0.4, 0.5) is 13.2 Å². The number of halogens is 3. The van der Waals surface area contributed by atoms with Crippen molar-refractivity contribution in [3.63, 3.8) is 0 Å². The minimum atomic E-state index is -4.10. The highest BCUT2D eigenvalue weighted by Gasteiger charge is 2.43. The molecule has 0 bridgehead atoms. The fraction of sp³-hybridized carbons (Fsp3) is 0.640. The summed E-state index contributed by atoms with van der Waals surface area (Å²) >= 11 is 1.35. The molecule has 1 amide bonds. The van der Waals surface area contributed by atoms with Gasteiger partial charge >= 0.3 is 6.18 Å². The van der Waals surface area contributed by atoms with Crippen molar-refractivity contribution in [2.24, 2.45) is 17.8 Å². The summed E-state index contributed by atoms with van der Waals surface area (Å²) in [5, 5.41) is 3.17. The molecule has 1 aliphatic heterocycles. The molecule has 2 aliphatic rings. The first kappa shape index (κ1) is 28.0. The monoisotopic (exact) mass is 558 g/mol. The van der Waals surface area contributed by atoms with E-state index in [4.69, 9.17) is 0 Å². The first-order chi connectivity index (χ1) is 17.4. The number of hydrogen-bond acceptors (Lipinski definition) is 7. The van der Waals surface area contributed by atoms with E-state index in [1.807, 2.05) is 0 Å². The summed E-state index contributed by atoms with van der Waals surface area (Å²) in [4.78, 5) is 25.1. The molecule has 1 atom stereocenters. The number of hydrogen-bond donors (Lipinski definition) is 1. The van der Waals surface area contributed by atoms with Gasteiger partial charge in [0, 0.05) is 24.2 Å². The summed E-state index contributed by atoms with van der Waals surface area (Å²) in [6.45, 7) is 7.31. The highest BCUT2D eigenvalue weighted by Crippen LogP contribution is 2.44. The molecule has 204 valence electrons. The molecule has 1 N–H and O–H groups in total. The third kappa shape index (κ3) is 6.34. The van der Waals surface area contributed by atoms with Crippen LogP contribution in [0.2, 0.25) is 0 Å². The van der Waals surface area contributed by atoms with Gasteiger partial charge in [0.15, 0.2) is 14.8 Å².